The summed E-state index contributed by atoms with van der Waals surface area (Å²) in [6, 6.07) is 7.93. The topological polar surface area (TPSA) is 34.6 Å². The second kappa shape index (κ2) is 6.20. The number of ether oxygens (including phenoxy) is 2. The van der Waals surface area contributed by atoms with E-state index in [4.69, 9.17) is 9.47 Å². The maximum Gasteiger partial charge on any atom is 0.171 e. The van der Waals surface area contributed by atoms with Gasteiger partial charge in [-0.2, -0.15) is 0 Å². The maximum atomic E-state index is 6.27. The molecular weight excluding hydrogens is 288 g/mol. The molecule has 23 heavy (non-hydrogen) atoms. The average molecular weight is 310 g/mol. The normalized spacial score (nSPS) is 21.3. The minimum Gasteiger partial charge on any atom is -0.486 e. The zero-order valence-corrected chi connectivity index (χ0v) is 13.5. The Kier molecular flexibility index (Phi) is 3.92. The molecular formula is C19H22N2O2. The third kappa shape index (κ3) is 2.91. The van der Waals surface area contributed by atoms with E-state index in [1.807, 2.05) is 24.3 Å². The highest BCUT2D eigenvalue weighted by Gasteiger charge is 2.25. The maximum absolute atomic E-state index is 6.27. The zero-order valence-electron chi connectivity index (χ0n) is 13.5. The second-order valence-electron chi connectivity index (χ2n) is 6.24. The summed E-state index contributed by atoms with van der Waals surface area (Å²) in [4.78, 5) is 6.84. The van der Waals surface area contributed by atoms with Crippen LogP contribution in [-0.2, 0) is 0 Å². The van der Waals surface area contributed by atoms with Crippen molar-refractivity contribution >= 4 is 10.9 Å². The number of fused-ring (bicyclic) bond motifs is 3. The van der Waals surface area contributed by atoms with Gasteiger partial charge in [0.15, 0.2) is 11.5 Å². The number of aromatic nitrogens is 1. The summed E-state index contributed by atoms with van der Waals surface area (Å²) in [6.07, 6.45) is 6.59. The quantitative estimate of drug-likeness (QED) is 0.814. The zero-order chi connectivity index (χ0) is 15.6. The van der Waals surface area contributed by atoms with E-state index in [0.717, 1.165) is 42.0 Å². The molecule has 4 nitrogen and oxygen atoms in total. The molecule has 0 saturated carbocycles. The fourth-order valence-corrected chi connectivity index (χ4v) is 3.34. The lowest BCUT2D eigenvalue weighted by Crippen LogP contribution is -2.42. The van der Waals surface area contributed by atoms with Crippen molar-refractivity contribution in [2.75, 3.05) is 26.2 Å². The Hall–Kier alpha value is -2.07. The van der Waals surface area contributed by atoms with Crippen LogP contribution in [0.25, 0.3) is 10.9 Å². The average Bonchev–Trinajstić information content (AvgIpc) is 2.62. The summed E-state index contributed by atoms with van der Waals surface area (Å²) in [5.41, 5.74) is 2.52. The predicted octanol–water partition coefficient (Wildman–Crippen LogP) is 3.42. The molecule has 2 aromatic rings. The molecule has 1 aromatic heterocycles. The first-order valence-corrected chi connectivity index (χ1v) is 8.41. The van der Waals surface area contributed by atoms with Crippen LogP contribution in [0.4, 0.5) is 0 Å². The smallest absolute Gasteiger partial charge is 0.171 e. The van der Waals surface area contributed by atoms with Gasteiger partial charge in [-0.15, -0.1) is 0 Å². The van der Waals surface area contributed by atoms with Crippen molar-refractivity contribution in [1.29, 1.82) is 0 Å². The Bertz CT molecular complexity index is 741. The predicted molar refractivity (Wildman–Crippen MR) is 91.1 cm³/mol. The third-order valence-corrected chi connectivity index (χ3v) is 4.71. The first kappa shape index (κ1) is 14.5. The fraction of sp³-hybridized carbons (Fsp3) is 0.421. The molecule has 2 aliphatic heterocycles. The van der Waals surface area contributed by atoms with Gasteiger partial charge < -0.3 is 9.47 Å². The molecule has 0 N–H and O–H groups in total. The molecule has 0 aliphatic carbocycles. The molecule has 0 bridgehead atoms. The van der Waals surface area contributed by atoms with Crippen LogP contribution in [-0.4, -0.2) is 42.2 Å². The first-order valence-electron chi connectivity index (χ1n) is 8.41. The highest BCUT2D eigenvalue weighted by atomic mass is 16.6. The lowest BCUT2D eigenvalue weighted by atomic mass is 10.1. The number of nitrogens with zero attached hydrogens (tertiary/aromatic N) is 2. The molecule has 1 unspecified atom stereocenters. The minimum absolute atomic E-state index is 0.0740. The van der Waals surface area contributed by atoms with Crippen LogP contribution in [0.5, 0.6) is 11.5 Å². The molecule has 0 radical (unpaired) electrons. The summed E-state index contributed by atoms with van der Waals surface area (Å²) in [5, 5.41) is 1.03. The van der Waals surface area contributed by atoms with Crippen molar-refractivity contribution in [2.24, 2.45) is 0 Å². The number of pyridine rings is 1. The minimum atomic E-state index is 0.0740. The molecule has 0 spiro atoms. The lowest BCUT2D eigenvalue weighted by Gasteiger charge is -2.33. The van der Waals surface area contributed by atoms with E-state index >= 15 is 0 Å². The van der Waals surface area contributed by atoms with Crippen molar-refractivity contribution in [3.8, 4) is 11.5 Å². The molecule has 3 heterocycles. The molecule has 1 atom stereocenters. The van der Waals surface area contributed by atoms with E-state index in [9.17, 15) is 0 Å². The summed E-state index contributed by atoms with van der Waals surface area (Å²) < 4.78 is 12.2. The van der Waals surface area contributed by atoms with Gasteiger partial charge in [0, 0.05) is 31.2 Å². The summed E-state index contributed by atoms with van der Waals surface area (Å²) >= 11 is 0. The van der Waals surface area contributed by atoms with Crippen LogP contribution in [0.3, 0.4) is 0 Å². The Balaban J connectivity index is 1.50. The van der Waals surface area contributed by atoms with E-state index in [1.165, 1.54) is 12.8 Å². The lowest BCUT2D eigenvalue weighted by molar-refractivity contribution is 0.0625. The van der Waals surface area contributed by atoms with Gasteiger partial charge in [-0.1, -0.05) is 18.6 Å². The van der Waals surface area contributed by atoms with Crippen LogP contribution in [0, 0.1) is 0 Å². The fourth-order valence-electron chi connectivity index (χ4n) is 3.34. The highest BCUT2D eigenvalue weighted by Crippen LogP contribution is 2.38. The van der Waals surface area contributed by atoms with Gasteiger partial charge in [0.2, 0.25) is 0 Å². The van der Waals surface area contributed by atoms with Gasteiger partial charge in [-0.3, -0.25) is 9.88 Å². The van der Waals surface area contributed by atoms with Gasteiger partial charge in [-0.25, -0.2) is 0 Å². The van der Waals surface area contributed by atoms with Crippen LogP contribution in [0.15, 0.2) is 42.1 Å². The number of hydrogen-bond donors (Lipinski definition) is 0. The number of benzene rings is 1. The van der Waals surface area contributed by atoms with Crippen LogP contribution < -0.4 is 9.47 Å². The standard InChI is InChI=1S/C19H22N2O2/c1-2-14-7-10-21(11-8-14)12-15-13-22-18-6-5-17-16(19(18)23-15)4-3-9-20-17/h3-7,9,15H,2,8,10-13H2,1H3. The van der Waals surface area contributed by atoms with E-state index in [2.05, 4.69) is 22.9 Å². The molecule has 0 amide bonds. The van der Waals surface area contributed by atoms with E-state index in [1.54, 1.807) is 11.8 Å². The summed E-state index contributed by atoms with van der Waals surface area (Å²) in [7, 11) is 0. The van der Waals surface area contributed by atoms with Crippen molar-refractivity contribution in [3.05, 3.63) is 42.1 Å². The second-order valence-corrected chi connectivity index (χ2v) is 6.24. The monoisotopic (exact) mass is 310 g/mol. The SMILES string of the molecule is CCC1=CCN(CC2COc3ccc4ncccc4c3O2)CC1. The van der Waals surface area contributed by atoms with Gasteiger partial charge in [0.1, 0.15) is 12.7 Å². The van der Waals surface area contributed by atoms with E-state index in [-0.39, 0.29) is 6.10 Å². The molecule has 0 fully saturated rings. The molecule has 120 valence electrons. The number of hydrogen-bond acceptors (Lipinski definition) is 4. The molecule has 4 rings (SSSR count). The van der Waals surface area contributed by atoms with Crippen LogP contribution in [0.2, 0.25) is 0 Å². The Labute approximate surface area is 136 Å². The first-order chi connectivity index (χ1) is 11.3. The Morgan fingerprint density at radius 2 is 2.26 bits per heavy atom. The van der Waals surface area contributed by atoms with Crippen molar-refractivity contribution in [2.45, 2.75) is 25.9 Å². The highest BCUT2D eigenvalue weighted by molar-refractivity contribution is 5.87. The summed E-state index contributed by atoms with van der Waals surface area (Å²) in [5.74, 6) is 1.67. The van der Waals surface area contributed by atoms with Gasteiger partial charge in [0.25, 0.3) is 0 Å². The Morgan fingerprint density at radius 3 is 3.09 bits per heavy atom. The van der Waals surface area contributed by atoms with E-state index in [0.29, 0.717) is 6.61 Å². The van der Waals surface area contributed by atoms with Crippen LogP contribution in [0.1, 0.15) is 19.8 Å². The largest absolute Gasteiger partial charge is 0.486 e. The van der Waals surface area contributed by atoms with Crippen molar-refractivity contribution < 1.29 is 9.47 Å². The third-order valence-electron chi connectivity index (χ3n) is 4.71. The molecule has 1 aromatic carbocycles. The van der Waals surface area contributed by atoms with Crippen molar-refractivity contribution in [3.63, 3.8) is 0 Å². The molecule has 4 heteroatoms. The molecule has 2 aliphatic rings. The van der Waals surface area contributed by atoms with Gasteiger partial charge in [0.05, 0.1) is 5.52 Å². The van der Waals surface area contributed by atoms with Gasteiger partial charge >= 0.3 is 0 Å². The van der Waals surface area contributed by atoms with Crippen molar-refractivity contribution in [1.82, 2.24) is 9.88 Å². The van der Waals surface area contributed by atoms with Gasteiger partial charge in [-0.05, 0) is 37.1 Å². The summed E-state index contributed by atoms with van der Waals surface area (Å²) in [6.45, 7) is 5.88. The Morgan fingerprint density at radius 1 is 1.30 bits per heavy atom. The van der Waals surface area contributed by atoms with Crippen LogP contribution >= 0.6 is 0 Å². The van der Waals surface area contributed by atoms with E-state index < -0.39 is 0 Å². The molecule has 0 saturated heterocycles. The number of rotatable bonds is 3.